The zero-order chi connectivity index (χ0) is 14.0. The van der Waals surface area contributed by atoms with E-state index in [-0.39, 0.29) is 11.6 Å². The van der Waals surface area contributed by atoms with E-state index in [0.717, 1.165) is 38.8 Å². The molecule has 3 saturated heterocycles. The van der Waals surface area contributed by atoms with Crippen molar-refractivity contribution in [2.75, 3.05) is 24.7 Å². The quantitative estimate of drug-likeness (QED) is 0.867. The number of nitrogens with zero attached hydrogens (tertiary/aromatic N) is 1. The Morgan fingerprint density at radius 1 is 1.35 bits per heavy atom. The van der Waals surface area contributed by atoms with Gasteiger partial charge < -0.3 is 9.84 Å². The third-order valence-corrected chi connectivity index (χ3v) is 6.16. The molecule has 0 bridgehead atoms. The lowest BCUT2D eigenvalue weighted by Gasteiger charge is -2.46. The molecule has 3 aliphatic rings. The van der Waals surface area contributed by atoms with Crippen LogP contribution in [0.4, 0.5) is 0 Å². The minimum absolute atomic E-state index is 0.102. The third-order valence-electron chi connectivity index (χ3n) is 5.17. The number of carbonyl (C=O) groups is 1. The van der Waals surface area contributed by atoms with Crippen LogP contribution in [-0.2, 0) is 9.53 Å². The van der Waals surface area contributed by atoms with Crippen LogP contribution in [0.1, 0.15) is 44.9 Å². The van der Waals surface area contributed by atoms with Gasteiger partial charge in [0.05, 0.1) is 12.0 Å². The van der Waals surface area contributed by atoms with Crippen molar-refractivity contribution in [3.8, 4) is 0 Å². The van der Waals surface area contributed by atoms with Gasteiger partial charge in [-0.15, -0.1) is 0 Å². The van der Waals surface area contributed by atoms with Gasteiger partial charge in [-0.1, -0.05) is 0 Å². The molecule has 2 unspecified atom stereocenters. The van der Waals surface area contributed by atoms with E-state index in [1.807, 2.05) is 11.8 Å². The first-order valence-corrected chi connectivity index (χ1v) is 9.03. The number of rotatable bonds is 3. The molecule has 3 rings (SSSR count). The molecular weight excluding hydrogens is 274 g/mol. The highest BCUT2D eigenvalue weighted by atomic mass is 32.2. The first-order valence-electron chi connectivity index (χ1n) is 7.88. The van der Waals surface area contributed by atoms with E-state index in [9.17, 15) is 4.79 Å². The third kappa shape index (κ3) is 3.15. The van der Waals surface area contributed by atoms with E-state index >= 15 is 0 Å². The summed E-state index contributed by atoms with van der Waals surface area (Å²) >= 11 is 2.03. The fourth-order valence-corrected chi connectivity index (χ4v) is 5.37. The van der Waals surface area contributed by atoms with Crippen molar-refractivity contribution in [3.05, 3.63) is 0 Å². The van der Waals surface area contributed by atoms with Crippen LogP contribution in [0.5, 0.6) is 0 Å². The molecule has 3 fully saturated rings. The van der Waals surface area contributed by atoms with Gasteiger partial charge in [-0.2, -0.15) is 11.8 Å². The lowest BCUT2D eigenvalue weighted by atomic mass is 9.84. The Morgan fingerprint density at radius 3 is 2.90 bits per heavy atom. The van der Waals surface area contributed by atoms with E-state index < -0.39 is 5.97 Å². The number of hydrogen-bond donors (Lipinski definition) is 1. The monoisotopic (exact) mass is 299 g/mol. The van der Waals surface area contributed by atoms with Crippen LogP contribution in [0, 0.1) is 0 Å². The summed E-state index contributed by atoms with van der Waals surface area (Å²) < 4.78 is 6.16. The van der Waals surface area contributed by atoms with Gasteiger partial charge in [0.1, 0.15) is 0 Å². The molecule has 5 heteroatoms. The Morgan fingerprint density at radius 2 is 2.15 bits per heavy atom. The minimum Gasteiger partial charge on any atom is -0.481 e. The Labute approximate surface area is 125 Å². The molecule has 0 aromatic rings. The summed E-state index contributed by atoms with van der Waals surface area (Å²) in [6.07, 6.45) is 7.04. The molecule has 3 aliphatic heterocycles. The molecular formula is C15H25NO3S. The maximum Gasteiger partial charge on any atom is 0.304 e. The van der Waals surface area contributed by atoms with Crippen molar-refractivity contribution >= 4 is 17.7 Å². The fraction of sp³-hybridized carbons (Fsp3) is 0.933. The number of thioether (sulfide) groups is 1. The molecule has 0 saturated carbocycles. The highest BCUT2D eigenvalue weighted by Gasteiger charge is 2.42. The van der Waals surface area contributed by atoms with E-state index in [0.29, 0.717) is 12.5 Å². The van der Waals surface area contributed by atoms with Gasteiger partial charge in [0.2, 0.25) is 0 Å². The zero-order valence-corrected chi connectivity index (χ0v) is 12.9. The standard InChI is InChI=1S/C15H25NO3S/c17-14(18)10-12-2-1-6-16(12)13-3-7-19-15(11-13)4-8-20-9-5-15/h12-13H,1-11H2,(H,17,18). The average molecular weight is 299 g/mol. The van der Waals surface area contributed by atoms with E-state index in [4.69, 9.17) is 9.84 Å². The summed E-state index contributed by atoms with van der Waals surface area (Å²) in [5, 5.41) is 9.08. The predicted octanol–water partition coefficient (Wildman–Crippen LogP) is 2.37. The number of ether oxygens (including phenoxy) is 1. The summed E-state index contributed by atoms with van der Waals surface area (Å²) in [5.74, 6) is 1.77. The number of aliphatic carboxylic acids is 1. The molecule has 4 nitrogen and oxygen atoms in total. The van der Waals surface area contributed by atoms with Crippen molar-refractivity contribution in [1.29, 1.82) is 0 Å². The van der Waals surface area contributed by atoms with E-state index in [1.165, 1.54) is 24.3 Å². The summed E-state index contributed by atoms with van der Waals surface area (Å²) in [4.78, 5) is 13.5. The van der Waals surface area contributed by atoms with Crippen molar-refractivity contribution in [3.63, 3.8) is 0 Å². The molecule has 3 heterocycles. The Bertz CT molecular complexity index is 352. The Hall–Kier alpha value is -0.260. The molecule has 1 N–H and O–H groups in total. The lowest BCUT2D eigenvalue weighted by Crippen LogP contribution is -2.51. The molecule has 0 amide bonds. The maximum absolute atomic E-state index is 11.0. The van der Waals surface area contributed by atoms with Crippen LogP contribution < -0.4 is 0 Å². The summed E-state index contributed by atoms with van der Waals surface area (Å²) in [5.41, 5.74) is 0.102. The highest BCUT2D eigenvalue weighted by Crippen LogP contribution is 2.40. The summed E-state index contributed by atoms with van der Waals surface area (Å²) in [6, 6.07) is 0.796. The minimum atomic E-state index is -0.655. The molecule has 114 valence electrons. The van der Waals surface area contributed by atoms with Crippen molar-refractivity contribution in [2.24, 2.45) is 0 Å². The lowest BCUT2D eigenvalue weighted by molar-refractivity contribution is -0.139. The van der Waals surface area contributed by atoms with Crippen LogP contribution in [0.15, 0.2) is 0 Å². The zero-order valence-electron chi connectivity index (χ0n) is 12.1. The molecule has 1 spiro atoms. The van der Waals surface area contributed by atoms with Gasteiger partial charge >= 0.3 is 5.97 Å². The van der Waals surface area contributed by atoms with Crippen LogP contribution in [0.2, 0.25) is 0 Å². The first kappa shape index (κ1) is 14.7. The second-order valence-corrected chi connectivity index (χ2v) is 7.65. The summed E-state index contributed by atoms with van der Waals surface area (Å²) in [6.45, 7) is 1.93. The van der Waals surface area contributed by atoms with E-state index in [2.05, 4.69) is 4.90 Å². The van der Waals surface area contributed by atoms with Crippen molar-refractivity contribution < 1.29 is 14.6 Å². The second kappa shape index (κ2) is 6.24. The van der Waals surface area contributed by atoms with Gasteiger partial charge in [0.25, 0.3) is 0 Å². The second-order valence-electron chi connectivity index (χ2n) is 6.42. The number of carboxylic acid groups (broad SMARTS) is 1. The summed E-state index contributed by atoms with van der Waals surface area (Å²) in [7, 11) is 0. The molecule has 0 aliphatic carbocycles. The van der Waals surface area contributed by atoms with Crippen molar-refractivity contribution in [2.45, 2.75) is 62.6 Å². The Kier molecular flexibility index (Phi) is 4.58. The maximum atomic E-state index is 11.0. The van der Waals surface area contributed by atoms with Gasteiger partial charge in [-0.3, -0.25) is 9.69 Å². The van der Waals surface area contributed by atoms with E-state index in [1.54, 1.807) is 0 Å². The largest absolute Gasteiger partial charge is 0.481 e. The first-order chi connectivity index (χ1) is 9.69. The van der Waals surface area contributed by atoms with Gasteiger partial charge in [-0.25, -0.2) is 0 Å². The van der Waals surface area contributed by atoms with Crippen molar-refractivity contribution in [1.82, 2.24) is 4.90 Å². The number of likely N-dealkylation sites (tertiary alicyclic amines) is 1. The van der Waals surface area contributed by atoms with Gasteiger partial charge in [0, 0.05) is 18.7 Å². The average Bonchev–Trinajstić information content (AvgIpc) is 2.87. The normalized spacial score (nSPS) is 34.4. The number of hydrogen-bond acceptors (Lipinski definition) is 4. The predicted molar refractivity (Wildman–Crippen MR) is 80.2 cm³/mol. The van der Waals surface area contributed by atoms with Crippen LogP contribution in [0.25, 0.3) is 0 Å². The topological polar surface area (TPSA) is 49.8 Å². The molecule has 2 atom stereocenters. The van der Waals surface area contributed by atoms with Gasteiger partial charge in [-0.05, 0) is 56.6 Å². The van der Waals surface area contributed by atoms with Gasteiger partial charge in [0.15, 0.2) is 0 Å². The highest BCUT2D eigenvalue weighted by molar-refractivity contribution is 7.99. The molecule has 0 radical (unpaired) electrons. The molecule has 20 heavy (non-hydrogen) atoms. The molecule has 0 aromatic carbocycles. The van der Waals surface area contributed by atoms with Crippen LogP contribution in [-0.4, -0.2) is 58.3 Å². The molecule has 0 aromatic heterocycles. The van der Waals surface area contributed by atoms with Crippen LogP contribution >= 0.6 is 11.8 Å². The smallest absolute Gasteiger partial charge is 0.304 e. The number of carboxylic acids is 1. The fourth-order valence-electron chi connectivity index (χ4n) is 4.14. The Balaban J connectivity index is 1.65. The van der Waals surface area contributed by atoms with Crippen LogP contribution in [0.3, 0.4) is 0 Å². The SMILES string of the molecule is O=C(O)CC1CCCN1C1CCOC2(CCSCC2)C1.